The summed E-state index contributed by atoms with van der Waals surface area (Å²) in [4.78, 5) is 25.6. The number of rotatable bonds is 10. The van der Waals surface area contributed by atoms with Gasteiger partial charge in [-0.25, -0.2) is 4.79 Å². The van der Waals surface area contributed by atoms with Gasteiger partial charge in [0, 0.05) is 19.0 Å². The topological polar surface area (TPSA) is 102 Å². The first-order valence-electron chi connectivity index (χ1n) is 11.1. The van der Waals surface area contributed by atoms with Crippen molar-refractivity contribution in [1.82, 2.24) is 4.90 Å². The molecule has 8 nitrogen and oxygen atoms in total. The highest BCUT2D eigenvalue weighted by Gasteiger charge is 2.28. The molecule has 0 amide bonds. The van der Waals surface area contributed by atoms with E-state index in [0.29, 0.717) is 13.2 Å². The van der Waals surface area contributed by atoms with Crippen LogP contribution < -0.4 is 0 Å². The molecule has 0 aliphatic carbocycles. The first kappa shape index (κ1) is 24.4. The summed E-state index contributed by atoms with van der Waals surface area (Å²) >= 11 is 0. The Bertz CT molecular complexity index is 968. The maximum Gasteiger partial charge on any atom is 0.342 e. The molecule has 0 radical (unpaired) electrons. The van der Waals surface area contributed by atoms with E-state index in [1.54, 1.807) is 6.07 Å². The Morgan fingerprint density at radius 3 is 2.45 bits per heavy atom. The molecule has 1 aliphatic rings. The highest BCUT2D eigenvalue weighted by Crippen LogP contribution is 2.32. The molecule has 8 heteroatoms. The zero-order chi connectivity index (χ0) is 23.6. The van der Waals surface area contributed by atoms with Crippen LogP contribution in [0.1, 0.15) is 30.4 Å². The zero-order valence-corrected chi connectivity index (χ0v) is 18.8. The Hall–Kier alpha value is -3.23. The Morgan fingerprint density at radius 1 is 1.12 bits per heavy atom. The number of likely N-dealkylation sites (tertiary alicyclic amines) is 1. The van der Waals surface area contributed by atoms with Crippen molar-refractivity contribution in [3.8, 4) is 0 Å². The molecule has 1 heterocycles. The van der Waals surface area contributed by atoms with E-state index < -0.39 is 10.9 Å². The lowest BCUT2D eigenvalue weighted by Gasteiger charge is -2.31. The fourth-order valence-corrected chi connectivity index (χ4v) is 4.08. The third-order valence-electron chi connectivity index (χ3n) is 5.90. The summed E-state index contributed by atoms with van der Waals surface area (Å²) in [6, 6.07) is 15.9. The SMILES string of the molecule is COC(=O)/C(=C(/O)CC1CCN(CCOCc2ccccc2)CC1)c1ccccc1[N+](=O)[O-]. The van der Waals surface area contributed by atoms with Crippen molar-refractivity contribution in [3.05, 3.63) is 81.6 Å². The molecule has 33 heavy (non-hydrogen) atoms. The van der Waals surface area contributed by atoms with E-state index in [1.807, 2.05) is 30.3 Å². The third-order valence-corrected chi connectivity index (χ3v) is 5.90. The van der Waals surface area contributed by atoms with Crippen LogP contribution in [0.25, 0.3) is 5.57 Å². The number of piperidine rings is 1. The lowest BCUT2D eigenvalue weighted by molar-refractivity contribution is -0.385. The van der Waals surface area contributed by atoms with Crippen LogP contribution in [0.2, 0.25) is 0 Å². The molecular formula is C25H30N2O6. The van der Waals surface area contributed by atoms with Crippen molar-refractivity contribution in [2.75, 3.05) is 33.4 Å². The second kappa shape index (κ2) is 12.1. The number of allylic oxidation sites excluding steroid dienone is 1. The number of methoxy groups -OCH3 is 1. The molecule has 0 aromatic heterocycles. The van der Waals surface area contributed by atoms with Gasteiger partial charge in [-0.2, -0.15) is 0 Å². The quantitative estimate of drug-likeness (QED) is 0.142. The first-order chi connectivity index (χ1) is 16.0. The van der Waals surface area contributed by atoms with Crippen molar-refractivity contribution in [1.29, 1.82) is 0 Å². The van der Waals surface area contributed by atoms with Gasteiger partial charge < -0.3 is 19.5 Å². The number of carbonyl (C=O) groups excluding carboxylic acids is 1. The van der Waals surface area contributed by atoms with Gasteiger partial charge in [0.2, 0.25) is 0 Å². The van der Waals surface area contributed by atoms with Crippen LogP contribution in [-0.2, 0) is 20.9 Å². The molecule has 0 bridgehead atoms. The van der Waals surface area contributed by atoms with Gasteiger partial charge >= 0.3 is 5.97 Å². The lowest BCUT2D eigenvalue weighted by Crippen LogP contribution is -2.36. The average Bonchev–Trinajstić information content (AvgIpc) is 2.83. The predicted molar refractivity (Wildman–Crippen MR) is 125 cm³/mol. The van der Waals surface area contributed by atoms with Crippen molar-refractivity contribution in [3.63, 3.8) is 0 Å². The monoisotopic (exact) mass is 454 g/mol. The third kappa shape index (κ3) is 6.87. The Labute approximate surface area is 193 Å². The number of nitro benzene ring substituents is 1. The smallest absolute Gasteiger partial charge is 0.342 e. The van der Waals surface area contributed by atoms with Gasteiger partial charge in [0.25, 0.3) is 5.69 Å². The second-order valence-electron chi connectivity index (χ2n) is 8.11. The van der Waals surface area contributed by atoms with Crippen LogP contribution >= 0.6 is 0 Å². The van der Waals surface area contributed by atoms with Gasteiger partial charge in [0.15, 0.2) is 0 Å². The van der Waals surface area contributed by atoms with Gasteiger partial charge in [0.05, 0.1) is 30.8 Å². The summed E-state index contributed by atoms with van der Waals surface area (Å²) in [5, 5.41) is 22.2. The molecule has 0 unspecified atom stereocenters. The van der Waals surface area contributed by atoms with Gasteiger partial charge in [-0.3, -0.25) is 10.1 Å². The van der Waals surface area contributed by atoms with E-state index in [1.165, 1.54) is 25.3 Å². The van der Waals surface area contributed by atoms with Crippen LogP contribution in [0.3, 0.4) is 0 Å². The predicted octanol–water partition coefficient (Wildman–Crippen LogP) is 4.36. The number of aliphatic hydroxyl groups is 1. The Balaban J connectivity index is 1.55. The summed E-state index contributed by atoms with van der Waals surface area (Å²) in [5.41, 5.74) is 0.842. The number of carbonyl (C=O) groups is 1. The molecule has 1 saturated heterocycles. The average molecular weight is 455 g/mol. The standard InChI is InChI=1S/C25H30N2O6/c1-32-25(29)24(21-9-5-6-10-22(21)27(30)31)23(28)17-19-11-13-26(14-12-19)15-16-33-18-20-7-3-2-4-8-20/h2-10,19,28H,11-18H2,1H3/b24-23+. The molecule has 3 rings (SSSR count). The molecule has 0 spiro atoms. The number of benzene rings is 2. The zero-order valence-electron chi connectivity index (χ0n) is 18.8. The van der Waals surface area contributed by atoms with Crippen molar-refractivity contribution < 1.29 is 24.3 Å². The minimum absolute atomic E-state index is 0.0693. The van der Waals surface area contributed by atoms with Crippen LogP contribution in [0.5, 0.6) is 0 Å². The molecule has 176 valence electrons. The van der Waals surface area contributed by atoms with Gasteiger partial charge in [0.1, 0.15) is 11.3 Å². The van der Waals surface area contributed by atoms with Crippen molar-refractivity contribution in [2.45, 2.75) is 25.9 Å². The maximum atomic E-state index is 12.4. The number of hydrogen-bond donors (Lipinski definition) is 1. The van der Waals surface area contributed by atoms with Gasteiger partial charge in [-0.1, -0.05) is 42.5 Å². The Morgan fingerprint density at radius 2 is 1.79 bits per heavy atom. The Kier molecular flexibility index (Phi) is 8.97. The van der Waals surface area contributed by atoms with E-state index in [4.69, 9.17) is 9.47 Å². The summed E-state index contributed by atoms with van der Waals surface area (Å²) < 4.78 is 10.6. The van der Waals surface area contributed by atoms with E-state index >= 15 is 0 Å². The second-order valence-corrected chi connectivity index (χ2v) is 8.11. The number of ether oxygens (including phenoxy) is 2. The lowest BCUT2D eigenvalue weighted by atomic mass is 9.90. The van der Waals surface area contributed by atoms with Crippen LogP contribution in [0.15, 0.2) is 60.4 Å². The van der Waals surface area contributed by atoms with Crippen LogP contribution in [-0.4, -0.2) is 54.3 Å². The molecule has 2 aromatic carbocycles. The number of aliphatic hydroxyl groups excluding tert-OH is 1. The van der Waals surface area contributed by atoms with Gasteiger partial charge in [-0.15, -0.1) is 0 Å². The molecular weight excluding hydrogens is 424 g/mol. The summed E-state index contributed by atoms with van der Waals surface area (Å²) in [6.07, 6.45) is 1.98. The van der Waals surface area contributed by atoms with Crippen LogP contribution in [0, 0.1) is 16.0 Å². The summed E-state index contributed by atoms with van der Waals surface area (Å²) in [7, 11) is 1.20. The molecule has 0 saturated carbocycles. The molecule has 0 atom stereocenters. The van der Waals surface area contributed by atoms with E-state index in [-0.39, 0.29) is 34.9 Å². The fourth-order valence-electron chi connectivity index (χ4n) is 4.08. The van der Waals surface area contributed by atoms with E-state index in [9.17, 15) is 20.0 Å². The molecule has 1 fully saturated rings. The molecule has 1 N–H and O–H groups in total. The number of para-hydroxylation sites is 1. The first-order valence-corrected chi connectivity index (χ1v) is 11.1. The number of nitro groups is 1. The number of nitrogens with zero attached hydrogens (tertiary/aromatic N) is 2. The van der Waals surface area contributed by atoms with Crippen molar-refractivity contribution >= 4 is 17.2 Å². The van der Waals surface area contributed by atoms with Crippen molar-refractivity contribution in [2.24, 2.45) is 5.92 Å². The highest BCUT2D eigenvalue weighted by molar-refractivity contribution is 6.18. The highest BCUT2D eigenvalue weighted by atomic mass is 16.6. The van der Waals surface area contributed by atoms with E-state index in [0.717, 1.165) is 38.0 Å². The summed E-state index contributed by atoms with van der Waals surface area (Å²) in [6.45, 7) is 3.81. The number of hydrogen-bond acceptors (Lipinski definition) is 7. The van der Waals surface area contributed by atoms with E-state index in [2.05, 4.69) is 4.90 Å². The summed E-state index contributed by atoms with van der Waals surface area (Å²) in [5.74, 6) is -0.774. The normalized spacial score (nSPS) is 15.7. The minimum atomic E-state index is -0.783. The maximum absolute atomic E-state index is 12.4. The largest absolute Gasteiger partial charge is 0.511 e. The minimum Gasteiger partial charge on any atom is -0.511 e. The van der Waals surface area contributed by atoms with Crippen LogP contribution in [0.4, 0.5) is 5.69 Å². The van der Waals surface area contributed by atoms with Gasteiger partial charge in [-0.05, 0) is 43.5 Å². The molecule has 2 aromatic rings. The number of esters is 1. The molecule has 1 aliphatic heterocycles. The fraction of sp³-hybridized carbons (Fsp3) is 0.400.